The summed E-state index contributed by atoms with van der Waals surface area (Å²) in [6.45, 7) is 11.0. The summed E-state index contributed by atoms with van der Waals surface area (Å²) in [5.41, 5.74) is 2.36. The Morgan fingerprint density at radius 3 is 2.08 bits per heavy atom. The van der Waals surface area contributed by atoms with Crippen molar-refractivity contribution in [3.05, 3.63) is 95.6 Å². The zero-order valence-corrected chi connectivity index (χ0v) is 30.2. The van der Waals surface area contributed by atoms with E-state index in [1.807, 2.05) is 56.3 Å². The maximum Gasteiger partial charge on any atom is 0.335 e. The third kappa shape index (κ3) is 20.4. The Hall–Kier alpha value is -3.80. The molecule has 0 spiro atoms. The number of nitrogens with one attached hydrogen (secondary N) is 2. The van der Waals surface area contributed by atoms with E-state index in [0.29, 0.717) is 25.4 Å². The Morgan fingerprint density at radius 2 is 1.50 bits per heavy atom. The van der Waals surface area contributed by atoms with Crippen molar-refractivity contribution in [2.45, 2.75) is 66.2 Å². The fourth-order valence-corrected chi connectivity index (χ4v) is 5.34. The number of halogens is 1. The molecule has 268 valence electrons. The number of alkyl halides is 1. The highest BCUT2D eigenvalue weighted by molar-refractivity contribution is 7.84. The largest absolute Gasteiger partial charge is 0.497 e. The fraction of sp³-hybridized carbons (Fsp3) is 0.459. The zero-order valence-electron chi connectivity index (χ0n) is 29.4. The summed E-state index contributed by atoms with van der Waals surface area (Å²) in [4.78, 5) is 24.2. The van der Waals surface area contributed by atoms with E-state index in [-0.39, 0.29) is 36.6 Å². The minimum absolute atomic E-state index is 0.00456. The third-order valence-electron chi connectivity index (χ3n) is 6.48. The molecular formula is C37H55FN2O7S. The summed E-state index contributed by atoms with van der Waals surface area (Å²) >= 11 is 0. The van der Waals surface area contributed by atoms with E-state index in [1.54, 1.807) is 13.2 Å². The molecule has 0 radical (unpaired) electrons. The van der Waals surface area contributed by atoms with Crippen molar-refractivity contribution in [2.24, 2.45) is 5.92 Å². The lowest BCUT2D eigenvalue weighted by Crippen LogP contribution is -2.44. The molecule has 0 bridgehead atoms. The number of rotatable bonds is 17. The van der Waals surface area contributed by atoms with Crippen LogP contribution in [0.4, 0.5) is 4.39 Å². The van der Waals surface area contributed by atoms with Crippen LogP contribution in [0, 0.1) is 12.8 Å². The lowest BCUT2D eigenvalue weighted by molar-refractivity contribution is -0.128. The van der Waals surface area contributed by atoms with Crippen LogP contribution in [0.25, 0.3) is 0 Å². The number of carboxylic acids is 1. The molecule has 3 aromatic rings. The predicted octanol–water partition coefficient (Wildman–Crippen LogP) is 6.20. The van der Waals surface area contributed by atoms with Crippen molar-refractivity contribution in [3.63, 3.8) is 0 Å². The number of aliphatic hydroxyl groups is 1. The van der Waals surface area contributed by atoms with E-state index >= 15 is 0 Å². The molecule has 3 unspecified atom stereocenters. The summed E-state index contributed by atoms with van der Waals surface area (Å²) in [5.74, 6) is 0.647. The quantitative estimate of drug-likeness (QED) is 0.132. The van der Waals surface area contributed by atoms with Crippen LogP contribution in [0.15, 0.2) is 78.9 Å². The maximum atomic E-state index is 12.9. The number of benzene rings is 3. The Labute approximate surface area is 288 Å². The molecule has 1 amide bonds. The minimum Gasteiger partial charge on any atom is -0.497 e. The maximum absolute atomic E-state index is 12.9. The molecule has 0 aliphatic heterocycles. The van der Waals surface area contributed by atoms with Gasteiger partial charge in [-0.2, -0.15) is 0 Å². The number of aliphatic hydroxyl groups excluding tert-OH is 1. The number of carboxylic acid groups (broad SMARTS) is 1. The molecule has 0 aliphatic rings. The Morgan fingerprint density at radius 1 is 0.875 bits per heavy atom. The monoisotopic (exact) mass is 690 g/mol. The smallest absolute Gasteiger partial charge is 0.335 e. The molecule has 3 atom stereocenters. The number of hydrogen-bond donors (Lipinski definition) is 4. The second-order valence-corrected chi connectivity index (χ2v) is 12.5. The van der Waals surface area contributed by atoms with Crippen LogP contribution in [0.1, 0.15) is 62.0 Å². The van der Waals surface area contributed by atoms with Crippen LogP contribution in [0.3, 0.4) is 0 Å². The van der Waals surface area contributed by atoms with Crippen LogP contribution >= 0.6 is 0 Å². The van der Waals surface area contributed by atoms with Gasteiger partial charge in [-0.15, -0.1) is 0 Å². The number of carbonyl (C=O) groups is 2. The van der Waals surface area contributed by atoms with Gasteiger partial charge >= 0.3 is 5.97 Å². The Balaban J connectivity index is 0.00000172. The molecule has 0 aromatic heterocycles. The SMILES string of the molecule is CC.CF.COc1cccc(CNCC(O)CNC(=O)C(CCS(=O)CCC(C)C)Oc2cccc(C(=O)O)c2)c1.Cc1ccccc1. The van der Waals surface area contributed by atoms with Crippen LogP contribution < -0.4 is 20.1 Å². The third-order valence-corrected chi connectivity index (χ3v) is 7.86. The summed E-state index contributed by atoms with van der Waals surface area (Å²) in [6, 6.07) is 23.7. The van der Waals surface area contributed by atoms with Gasteiger partial charge in [0.1, 0.15) is 11.5 Å². The molecule has 4 N–H and O–H groups in total. The second-order valence-electron chi connectivity index (χ2n) is 10.8. The van der Waals surface area contributed by atoms with E-state index in [4.69, 9.17) is 9.47 Å². The average Bonchev–Trinajstić information content (AvgIpc) is 3.10. The van der Waals surface area contributed by atoms with Gasteiger partial charge in [-0.05, 0) is 55.2 Å². The van der Waals surface area contributed by atoms with Crippen molar-refractivity contribution in [1.82, 2.24) is 10.6 Å². The highest BCUT2D eigenvalue weighted by Crippen LogP contribution is 2.17. The highest BCUT2D eigenvalue weighted by Gasteiger charge is 2.23. The van der Waals surface area contributed by atoms with Gasteiger partial charge < -0.3 is 30.3 Å². The van der Waals surface area contributed by atoms with Crippen LogP contribution in [0.5, 0.6) is 11.5 Å². The van der Waals surface area contributed by atoms with Crippen LogP contribution in [-0.4, -0.2) is 77.4 Å². The van der Waals surface area contributed by atoms with Crippen molar-refractivity contribution in [3.8, 4) is 11.5 Å². The van der Waals surface area contributed by atoms with Gasteiger partial charge in [0.2, 0.25) is 0 Å². The number of aryl methyl sites for hydroxylation is 1. The van der Waals surface area contributed by atoms with Crippen molar-refractivity contribution in [2.75, 3.05) is 38.9 Å². The van der Waals surface area contributed by atoms with Crippen LogP contribution in [-0.2, 0) is 22.1 Å². The lowest BCUT2D eigenvalue weighted by atomic mass is 10.2. The first-order valence-electron chi connectivity index (χ1n) is 16.1. The normalized spacial score (nSPS) is 12.0. The van der Waals surface area contributed by atoms with Gasteiger partial charge in [-0.25, -0.2) is 4.79 Å². The second kappa shape index (κ2) is 27.2. The number of ether oxygens (including phenoxy) is 2. The zero-order chi connectivity index (χ0) is 36.3. The molecule has 0 heterocycles. The summed E-state index contributed by atoms with van der Waals surface area (Å²) in [5, 5.41) is 25.4. The number of amides is 1. The number of hydrogen-bond acceptors (Lipinski definition) is 7. The number of aromatic carboxylic acids is 1. The van der Waals surface area contributed by atoms with Crippen molar-refractivity contribution >= 4 is 22.7 Å². The topological polar surface area (TPSA) is 134 Å². The Kier molecular flexibility index (Phi) is 25.0. The molecule has 48 heavy (non-hydrogen) atoms. The average molecular weight is 691 g/mol. The van der Waals surface area contributed by atoms with Gasteiger partial charge in [0.15, 0.2) is 6.10 Å². The summed E-state index contributed by atoms with van der Waals surface area (Å²) in [6.07, 6.45) is -0.812. The molecule has 0 aliphatic carbocycles. The van der Waals surface area contributed by atoms with E-state index in [9.17, 15) is 28.4 Å². The molecule has 3 aromatic carbocycles. The molecule has 11 heteroatoms. The van der Waals surface area contributed by atoms with E-state index < -0.39 is 34.9 Å². The molecule has 0 saturated carbocycles. The Bertz CT molecular complexity index is 1310. The van der Waals surface area contributed by atoms with Gasteiger partial charge in [0.05, 0.1) is 26.0 Å². The van der Waals surface area contributed by atoms with E-state index in [0.717, 1.165) is 17.7 Å². The number of methoxy groups -OCH3 is 1. The van der Waals surface area contributed by atoms with Gasteiger partial charge in [-0.1, -0.05) is 81.8 Å². The highest BCUT2D eigenvalue weighted by atomic mass is 32.2. The van der Waals surface area contributed by atoms with E-state index in [1.165, 1.54) is 23.8 Å². The summed E-state index contributed by atoms with van der Waals surface area (Å²) in [7, 11) is 0.992. The molecule has 0 fully saturated rings. The van der Waals surface area contributed by atoms with E-state index in [2.05, 4.69) is 43.5 Å². The molecular weight excluding hydrogens is 635 g/mol. The minimum atomic E-state index is -1.11. The predicted molar refractivity (Wildman–Crippen MR) is 193 cm³/mol. The number of carbonyl (C=O) groups excluding carboxylic acids is 1. The summed E-state index contributed by atoms with van der Waals surface area (Å²) < 4.78 is 32.9. The lowest BCUT2D eigenvalue weighted by Gasteiger charge is -2.20. The standard InChI is InChI=1S/C27H38N2O7S.C7H8.C2H6.CH3F/c1-19(2)10-12-37(34)13-11-25(36-24-9-5-7-21(15-24)27(32)33)26(31)29-18-22(30)17-28-16-20-6-4-8-23(14-20)35-3;1-7-5-3-2-4-6-7;2*1-2/h4-9,14-15,19,22,25,28,30H,10-13,16-18H2,1-3H3,(H,29,31)(H,32,33);2-6H,1H3;1-2H3;1H3. The molecule has 0 saturated heterocycles. The first-order chi connectivity index (χ1) is 23.1. The van der Waals surface area contributed by atoms with Gasteiger partial charge in [0.25, 0.3) is 5.91 Å². The van der Waals surface area contributed by atoms with Crippen molar-refractivity contribution in [1.29, 1.82) is 0 Å². The van der Waals surface area contributed by atoms with Crippen molar-refractivity contribution < 1.29 is 37.9 Å². The fourth-order valence-electron chi connectivity index (χ4n) is 3.92. The van der Waals surface area contributed by atoms with Gasteiger partial charge in [0, 0.05) is 48.4 Å². The first kappa shape index (κ1) is 44.2. The molecule has 9 nitrogen and oxygen atoms in total. The first-order valence-corrected chi connectivity index (χ1v) is 17.6. The van der Waals surface area contributed by atoms with Gasteiger partial charge in [-0.3, -0.25) is 13.4 Å². The van der Waals surface area contributed by atoms with Crippen LogP contribution in [0.2, 0.25) is 0 Å². The molecule has 3 rings (SSSR count).